The monoisotopic (exact) mass is 514 g/mol. The van der Waals surface area contributed by atoms with Crippen molar-refractivity contribution in [1.29, 1.82) is 0 Å². The highest BCUT2D eigenvalue weighted by Crippen LogP contribution is 2.25. The van der Waals surface area contributed by atoms with Gasteiger partial charge >= 0.3 is 0 Å². The Hall–Kier alpha value is -4.01. The predicted molar refractivity (Wildman–Crippen MR) is 149 cm³/mol. The van der Waals surface area contributed by atoms with Crippen LogP contribution < -0.4 is 5.32 Å². The van der Waals surface area contributed by atoms with Gasteiger partial charge in [-0.25, -0.2) is 13.1 Å². The Kier molecular flexibility index (Phi) is 8.66. The number of hydrogen-bond acceptors (Lipinski definition) is 4. The number of benzene rings is 3. The molecule has 0 atom stereocenters. The normalized spacial score (nSPS) is 11.7. The van der Waals surface area contributed by atoms with Gasteiger partial charge in [-0.15, -0.1) is 0 Å². The summed E-state index contributed by atoms with van der Waals surface area (Å²) in [7, 11) is -3.81. The lowest BCUT2D eigenvalue weighted by molar-refractivity contribution is -0.116. The Morgan fingerprint density at radius 1 is 0.946 bits per heavy atom. The number of unbranched alkanes of at least 4 members (excludes halogenated alkanes) is 1. The van der Waals surface area contributed by atoms with Gasteiger partial charge in [0.2, 0.25) is 15.9 Å². The molecule has 4 rings (SSSR count). The van der Waals surface area contributed by atoms with Crippen LogP contribution in [0.2, 0.25) is 0 Å². The van der Waals surface area contributed by atoms with Crippen molar-refractivity contribution in [2.45, 2.75) is 19.8 Å². The highest BCUT2D eigenvalue weighted by molar-refractivity contribution is 7.92. The molecule has 8 heteroatoms. The van der Waals surface area contributed by atoms with Gasteiger partial charge in [-0.2, -0.15) is 9.40 Å². The maximum atomic E-state index is 13.2. The van der Waals surface area contributed by atoms with Gasteiger partial charge in [-0.3, -0.25) is 4.79 Å². The van der Waals surface area contributed by atoms with Gasteiger partial charge in [0.15, 0.2) is 0 Å². The first-order chi connectivity index (χ1) is 18.0. The average molecular weight is 515 g/mol. The molecule has 0 aliphatic carbocycles. The molecule has 0 unspecified atom stereocenters. The van der Waals surface area contributed by atoms with E-state index in [1.165, 1.54) is 4.31 Å². The summed E-state index contributed by atoms with van der Waals surface area (Å²) in [5.74, 6) is 0.0206. The number of amides is 1. The molecule has 0 aliphatic rings. The van der Waals surface area contributed by atoms with Gasteiger partial charge in [0.25, 0.3) is 0 Å². The average Bonchev–Trinajstić information content (AvgIpc) is 3.35. The first-order valence-electron chi connectivity index (χ1n) is 12.2. The van der Waals surface area contributed by atoms with Crippen molar-refractivity contribution in [3.8, 4) is 16.9 Å². The number of nitrogens with zero attached hydrogens (tertiary/aromatic N) is 3. The summed E-state index contributed by atoms with van der Waals surface area (Å²) in [6.45, 7) is 1.93. The number of aromatic nitrogens is 2. The van der Waals surface area contributed by atoms with Crippen LogP contribution in [-0.2, 0) is 14.8 Å². The lowest BCUT2D eigenvalue weighted by Gasteiger charge is -2.20. The first-order valence-corrected chi connectivity index (χ1v) is 13.7. The maximum Gasteiger partial charge on any atom is 0.240 e. The molecule has 0 bridgehead atoms. The molecule has 1 amide bonds. The quantitative estimate of drug-likeness (QED) is 0.283. The third kappa shape index (κ3) is 7.03. The van der Waals surface area contributed by atoms with E-state index in [1.807, 2.05) is 97.9 Å². The van der Waals surface area contributed by atoms with E-state index in [4.69, 9.17) is 5.10 Å². The topological polar surface area (TPSA) is 84.3 Å². The van der Waals surface area contributed by atoms with Crippen LogP contribution in [0.25, 0.3) is 23.0 Å². The third-order valence-corrected chi connectivity index (χ3v) is 7.23. The molecule has 4 aromatic rings. The second-order valence-corrected chi connectivity index (χ2v) is 10.3. The minimum absolute atomic E-state index is 0.249. The lowest BCUT2D eigenvalue weighted by atomic mass is 10.2. The molecule has 0 fully saturated rings. The molecule has 7 nitrogen and oxygen atoms in total. The molecular formula is C29H30N4O3S. The smallest absolute Gasteiger partial charge is 0.240 e. The van der Waals surface area contributed by atoms with E-state index in [-0.39, 0.29) is 13.1 Å². The van der Waals surface area contributed by atoms with Crippen LogP contribution in [0, 0.1) is 0 Å². The molecular weight excluding hydrogens is 484 g/mol. The Labute approximate surface area is 218 Å². The second kappa shape index (κ2) is 12.3. The summed E-state index contributed by atoms with van der Waals surface area (Å²) in [4.78, 5) is 13.2. The lowest BCUT2D eigenvalue weighted by Crippen LogP contribution is -2.37. The van der Waals surface area contributed by atoms with Crippen LogP contribution in [0.5, 0.6) is 0 Å². The number of hydrogen-bond donors (Lipinski definition) is 1. The summed E-state index contributed by atoms with van der Waals surface area (Å²) >= 11 is 0. The van der Waals surface area contributed by atoms with E-state index < -0.39 is 15.9 Å². The van der Waals surface area contributed by atoms with Crippen LogP contribution >= 0.6 is 0 Å². The van der Waals surface area contributed by atoms with Gasteiger partial charge in [-0.1, -0.05) is 92.2 Å². The Morgan fingerprint density at radius 2 is 1.57 bits per heavy atom. The molecule has 190 valence electrons. The number of nitrogens with one attached hydrogen (secondary N) is 1. The Bertz CT molecular complexity index is 1430. The van der Waals surface area contributed by atoms with Crippen LogP contribution in [0.15, 0.2) is 102 Å². The fourth-order valence-electron chi connectivity index (χ4n) is 3.77. The fraction of sp³-hybridized carbons (Fsp3) is 0.172. The van der Waals surface area contributed by atoms with Gasteiger partial charge in [-0.05, 0) is 30.2 Å². The summed E-state index contributed by atoms with van der Waals surface area (Å²) in [5.41, 5.74) is 3.15. The molecule has 0 saturated heterocycles. The van der Waals surface area contributed by atoms with Gasteiger partial charge < -0.3 is 5.32 Å². The van der Waals surface area contributed by atoms with Gasteiger partial charge in [0, 0.05) is 23.6 Å². The van der Waals surface area contributed by atoms with Crippen molar-refractivity contribution in [3.63, 3.8) is 0 Å². The number of carbonyl (C=O) groups is 1. The zero-order chi connectivity index (χ0) is 26.1. The highest BCUT2D eigenvalue weighted by atomic mass is 32.2. The molecule has 1 heterocycles. The zero-order valence-corrected chi connectivity index (χ0v) is 21.5. The summed E-state index contributed by atoms with van der Waals surface area (Å²) in [6, 6.07) is 30.1. The second-order valence-electron chi connectivity index (χ2n) is 8.52. The molecule has 37 heavy (non-hydrogen) atoms. The van der Waals surface area contributed by atoms with E-state index in [2.05, 4.69) is 5.32 Å². The summed E-state index contributed by atoms with van der Waals surface area (Å²) in [5, 5.41) is 8.75. The van der Waals surface area contributed by atoms with Crippen LogP contribution in [-0.4, -0.2) is 41.5 Å². The number of para-hydroxylation sites is 1. The minimum atomic E-state index is -3.81. The van der Waals surface area contributed by atoms with Gasteiger partial charge in [0.05, 0.1) is 17.9 Å². The van der Waals surface area contributed by atoms with Crippen molar-refractivity contribution in [2.75, 3.05) is 18.4 Å². The number of anilines is 1. The molecule has 3 aromatic carbocycles. The van der Waals surface area contributed by atoms with Crippen molar-refractivity contribution in [2.24, 2.45) is 0 Å². The molecule has 0 radical (unpaired) electrons. The Morgan fingerprint density at radius 3 is 2.22 bits per heavy atom. The largest absolute Gasteiger partial charge is 0.309 e. The molecule has 0 aliphatic heterocycles. The van der Waals surface area contributed by atoms with Crippen molar-refractivity contribution in [3.05, 3.63) is 108 Å². The zero-order valence-electron chi connectivity index (χ0n) is 20.7. The summed E-state index contributed by atoms with van der Waals surface area (Å²) in [6.07, 6.45) is 2.99. The van der Waals surface area contributed by atoms with Crippen LogP contribution in [0.4, 0.5) is 5.82 Å². The maximum absolute atomic E-state index is 13.2. The van der Waals surface area contributed by atoms with Gasteiger partial charge in [0.1, 0.15) is 5.82 Å². The van der Waals surface area contributed by atoms with E-state index in [1.54, 1.807) is 16.8 Å². The molecule has 1 aromatic heterocycles. The number of rotatable bonds is 11. The van der Waals surface area contributed by atoms with Crippen molar-refractivity contribution >= 4 is 27.8 Å². The molecule has 0 spiro atoms. The third-order valence-electron chi connectivity index (χ3n) is 5.72. The SMILES string of the molecule is CCCCN(CC(=O)Nc1cc(-c2ccccc2)nn1-c1ccccc1)S(=O)(=O)C=Cc1ccccc1. The standard InChI is InChI=1S/C29H30N4O3S/c1-2-3-20-32(37(35,36)21-19-24-13-7-4-8-14-24)23-29(34)30-28-22-27(25-15-9-5-10-16-25)31-33(28)26-17-11-6-12-18-26/h4-19,21-22H,2-3,20,23H2,1H3,(H,30,34). The molecule has 0 saturated carbocycles. The number of sulfonamides is 1. The predicted octanol–water partition coefficient (Wildman–Crippen LogP) is 5.58. The minimum Gasteiger partial charge on any atom is -0.309 e. The fourth-order valence-corrected chi connectivity index (χ4v) is 4.96. The van der Waals surface area contributed by atoms with Crippen molar-refractivity contribution in [1.82, 2.24) is 14.1 Å². The number of carbonyl (C=O) groups excluding carboxylic acids is 1. The van der Waals surface area contributed by atoms with E-state index >= 15 is 0 Å². The first kappa shape index (κ1) is 26.1. The van der Waals surface area contributed by atoms with Crippen LogP contribution in [0.3, 0.4) is 0 Å². The van der Waals surface area contributed by atoms with Crippen LogP contribution in [0.1, 0.15) is 25.3 Å². The van der Waals surface area contributed by atoms with E-state index in [0.29, 0.717) is 17.9 Å². The van der Waals surface area contributed by atoms with E-state index in [0.717, 1.165) is 28.6 Å². The summed E-state index contributed by atoms with van der Waals surface area (Å²) < 4.78 is 29.1. The van der Waals surface area contributed by atoms with E-state index in [9.17, 15) is 13.2 Å². The molecule has 1 N–H and O–H groups in total. The van der Waals surface area contributed by atoms with Crippen molar-refractivity contribution < 1.29 is 13.2 Å². The highest BCUT2D eigenvalue weighted by Gasteiger charge is 2.23. The Balaban J connectivity index is 1.57.